The van der Waals surface area contributed by atoms with Gasteiger partial charge in [-0.05, 0) is 36.5 Å². The maximum Gasteiger partial charge on any atom is 0.162 e. The number of ketones is 1. The van der Waals surface area contributed by atoms with Crippen LogP contribution in [0, 0.1) is 5.92 Å². The molecular formula is C14H19NO2. The molecule has 92 valence electrons. The van der Waals surface area contributed by atoms with Gasteiger partial charge >= 0.3 is 0 Å². The maximum absolute atomic E-state index is 11.9. The lowest BCUT2D eigenvalue weighted by molar-refractivity contribution is -0.126. The van der Waals surface area contributed by atoms with E-state index in [1.54, 1.807) is 0 Å². The molecule has 1 aliphatic heterocycles. The second-order valence-electron chi connectivity index (χ2n) is 4.72. The topological polar surface area (TPSA) is 52.3 Å². The molecule has 1 aliphatic rings. The summed E-state index contributed by atoms with van der Waals surface area (Å²) in [4.78, 5) is 11.9. The molecule has 17 heavy (non-hydrogen) atoms. The first-order valence-corrected chi connectivity index (χ1v) is 6.14. The molecule has 3 heteroatoms. The summed E-state index contributed by atoms with van der Waals surface area (Å²) in [5, 5.41) is 0. The Kier molecular flexibility index (Phi) is 3.79. The molecular weight excluding hydrogens is 214 g/mol. The fourth-order valence-corrected chi connectivity index (χ4v) is 2.41. The van der Waals surface area contributed by atoms with Crippen LogP contribution >= 0.6 is 0 Å². The van der Waals surface area contributed by atoms with Crippen LogP contribution in [0.25, 0.3) is 0 Å². The largest absolute Gasteiger partial charge is 0.399 e. The summed E-state index contributed by atoms with van der Waals surface area (Å²) in [5.74, 6) is 0.553. The Balaban J connectivity index is 2.14. The lowest BCUT2D eigenvalue weighted by Crippen LogP contribution is -2.22. The van der Waals surface area contributed by atoms with Crippen LogP contribution < -0.4 is 5.73 Å². The van der Waals surface area contributed by atoms with Crippen LogP contribution in [-0.2, 0) is 9.53 Å². The number of anilines is 1. The number of carbonyl (C=O) groups is 1. The van der Waals surface area contributed by atoms with E-state index < -0.39 is 0 Å². The molecule has 1 saturated heterocycles. The summed E-state index contributed by atoms with van der Waals surface area (Å²) in [6, 6.07) is 7.81. The third-order valence-electron chi connectivity index (χ3n) is 3.53. The van der Waals surface area contributed by atoms with Gasteiger partial charge < -0.3 is 10.5 Å². The van der Waals surface area contributed by atoms with E-state index in [0.717, 1.165) is 18.5 Å². The second-order valence-corrected chi connectivity index (χ2v) is 4.72. The molecule has 1 aromatic carbocycles. The first-order chi connectivity index (χ1) is 8.18. The van der Waals surface area contributed by atoms with Gasteiger partial charge in [-0.25, -0.2) is 0 Å². The van der Waals surface area contributed by atoms with Crippen molar-refractivity contribution >= 4 is 11.5 Å². The molecule has 2 unspecified atom stereocenters. The minimum atomic E-state index is 0.0844. The maximum atomic E-state index is 11.9. The monoisotopic (exact) mass is 233 g/mol. The molecule has 0 bridgehead atoms. The minimum Gasteiger partial charge on any atom is -0.399 e. The molecule has 0 saturated carbocycles. The first kappa shape index (κ1) is 12.1. The van der Waals surface area contributed by atoms with Crippen molar-refractivity contribution in [1.82, 2.24) is 0 Å². The van der Waals surface area contributed by atoms with Crippen LogP contribution in [0.1, 0.15) is 31.2 Å². The molecule has 0 spiro atoms. The Bertz CT molecular complexity index is 386. The van der Waals surface area contributed by atoms with Crippen LogP contribution in [0.5, 0.6) is 0 Å². The number of hydrogen-bond donors (Lipinski definition) is 1. The molecule has 0 aromatic heterocycles. The SMILES string of the molecule is CC(c1ccc(N)cc1)C1CCCOCC1=O. The van der Waals surface area contributed by atoms with Crippen LogP contribution in [0.4, 0.5) is 5.69 Å². The normalized spacial score (nSPS) is 23.1. The number of nitrogens with two attached hydrogens (primary N) is 1. The number of Topliss-reactive ketones (excluding diaryl/α,β-unsaturated/α-hetero) is 1. The van der Waals surface area contributed by atoms with Crippen molar-refractivity contribution < 1.29 is 9.53 Å². The third-order valence-corrected chi connectivity index (χ3v) is 3.53. The van der Waals surface area contributed by atoms with E-state index in [1.807, 2.05) is 24.3 Å². The molecule has 1 fully saturated rings. The van der Waals surface area contributed by atoms with Gasteiger partial charge in [0, 0.05) is 18.2 Å². The van der Waals surface area contributed by atoms with Gasteiger partial charge in [-0.1, -0.05) is 19.1 Å². The smallest absolute Gasteiger partial charge is 0.162 e. The van der Waals surface area contributed by atoms with Crippen LogP contribution in [0.15, 0.2) is 24.3 Å². The average Bonchev–Trinajstić information content (AvgIpc) is 2.54. The minimum absolute atomic E-state index is 0.0844. The van der Waals surface area contributed by atoms with Crippen molar-refractivity contribution in [2.75, 3.05) is 18.9 Å². The highest BCUT2D eigenvalue weighted by atomic mass is 16.5. The molecule has 2 rings (SSSR count). The van der Waals surface area contributed by atoms with E-state index in [2.05, 4.69) is 6.92 Å². The summed E-state index contributed by atoms with van der Waals surface area (Å²) >= 11 is 0. The zero-order chi connectivity index (χ0) is 12.3. The number of ether oxygens (including phenoxy) is 1. The molecule has 0 amide bonds. The Hall–Kier alpha value is -1.35. The first-order valence-electron chi connectivity index (χ1n) is 6.14. The number of hydrogen-bond acceptors (Lipinski definition) is 3. The van der Waals surface area contributed by atoms with Crippen LogP contribution in [0.3, 0.4) is 0 Å². The van der Waals surface area contributed by atoms with Crippen molar-refractivity contribution in [3.8, 4) is 0 Å². The Morgan fingerprint density at radius 2 is 2.06 bits per heavy atom. The highest BCUT2D eigenvalue weighted by Crippen LogP contribution is 2.30. The molecule has 2 N–H and O–H groups in total. The van der Waals surface area contributed by atoms with Gasteiger partial charge in [0.2, 0.25) is 0 Å². The predicted molar refractivity (Wildman–Crippen MR) is 67.8 cm³/mol. The lowest BCUT2D eigenvalue weighted by Gasteiger charge is -2.21. The summed E-state index contributed by atoms with van der Waals surface area (Å²) in [6.45, 7) is 3.08. The van der Waals surface area contributed by atoms with E-state index in [0.29, 0.717) is 6.61 Å². The summed E-state index contributed by atoms with van der Waals surface area (Å²) in [6.07, 6.45) is 1.89. The quantitative estimate of drug-likeness (QED) is 0.798. The number of nitrogen functional groups attached to an aromatic ring is 1. The van der Waals surface area contributed by atoms with Gasteiger partial charge in [-0.3, -0.25) is 4.79 Å². The van der Waals surface area contributed by atoms with Crippen molar-refractivity contribution in [2.45, 2.75) is 25.7 Å². The van der Waals surface area contributed by atoms with Gasteiger partial charge in [-0.2, -0.15) is 0 Å². The molecule has 1 heterocycles. The highest BCUT2D eigenvalue weighted by molar-refractivity contribution is 5.83. The standard InChI is InChI=1S/C14H19NO2/c1-10(11-4-6-12(15)7-5-11)13-3-2-8-17-9-14(13)16/h4-7,10,13H,2-3,8-9,15H2,1H3. The number of rotatable bonds is 2. The fourth-order valence-electron chi connectivity index (χ4n) is 2.41. The summed E-state index contributed by atoms with van der Waals surface area (Å²) in [7, 11) is 0. The lowest BCUT2D eigenvalue weighted by atomic mass is 9.82. The van der Waals surface area contributed by atoms with E-state index in [1.165, 1.54) is 5.56 Å². The number of benzene rings is 1. The van der Waals surface area contributed by atoms with E-state index in [9.17, 15) is 4.79 Å². The molecule has 2 atom stereocenters. The Morgan fingerprint density at radius 1 is 1.35 bits per heavy atom. The molecule has 3 nitrogen and oxygen atoms in total. The zero-order valence-corrected chi connectivity index (χ0v) is 10.2. The van der Waals surface area contributed by atoms with Gasteiger partial charge in [0.1, 0.15) is 6.61 Å². The van der Waals surface area contributed by atoms with Crippen molar-refractivity contribution in [2.24, 2.45) is 5.92 Å². The van der Waals surface area contributed by atoms with E-state index >= 15 is 0 Å². The predicted octanol–water partition coefficient (Wildman–Crippen LogP) is 2.37. The van der Waals surface area contributed by atoms with E-state index in [4.69, 9.17) is 10.5 Å². The van der Waals surface area contributed by atoms with Crippen LogP contribution in [-0.4, -0.2) is 19.0 Å². The molecule has 1 aromatic rings. The molecule has 0 radical (unpaired) electrons. The van der Waals surface area contributed by atoms with Crippen molar-refractivity contribution in [3.63, 3.8) is 0 Å². The second kappa shape index (κ2) is 5.32. The Labute approximate surface area is 102 Å². The van der Waals surface area contributed by atoms with Crippen molar-refractivity contribution in [1.29, 1.82) is 0 Å². The third kappa shape index (κ3) is 2.86. The van der Waals surface area contributed by atoms with Crippen molar-refractivity contribution in [3.05, 3.63) is 29.8 Å². The molecule has 0 aliphatic carbocycles. The van der Waals surface area contributed by atoms with Gasteiger partial charge in [-0.15, -0.1) is 0 Å². The van der Waals surface area contributed by atoms with Gasteiger partial charge in [0.15, 0.2) is 5.78 Å². The highest BCUT2D eigenvalue weighted by Gasteiger charge is 2.27. The van der Waals surface area contributed by atoms with Gasteiger partial charge in [0.05, 0.1) is 0 Å². The van der Waals surface area contributed by atoms with Crippen LogP contribution in [0.2, 0.25) is 0 Å². The summed E-state index contributed by atoms with van der Waals surface area (Å²) in [5.41, 5.74) is 7.61. The Morgan fingerprint density at radius 3 is 2.76 bits per heavy atom. The number of carbonyl (C=O) groups excluding carboxylic acids is 1. The summed E-state index contributed by atoms with van der Waals surface area (Å²) < 4.78 is 5.27. The zero-order valence-electron chi connectivity index (χ0n) is 10.2. The fraction of sp³-hybridized carbons (Fsp3) is 0.500. The van der Waals surface area contributed by atoms with E-state index in [-0.39, 0.29) is 24.2 Å². The van der Waals surface area contributed by atoms with Gasteiger partial charge in [0.25, 0.3) is 0 Å². The average molecular weight is 233 g/mol.